The van der Waals surface area contributed by atoms with Crippen LogP contribution in [0.1, 0.15) is 5.56 Å². The molecule has 11 aromatic rings. The van der Waals surface area contributed by atoms with Crippen molar-refractivity contribution < 1.29 is 4.42 Å². The van der Waals surface area contributed by atoms with Crippen LogP contribution < -0.4 is 0 Å². The lowest BCUT2D eigenvalue weighted by atomic mass is 9.96. The fraction of sp³-hybridized carbons (Fsp3) is 0. The van der Waals surface area contributed by atoms with Crippen molar-refractivity contribution >= 4 is 21.9 Å². The van der Waals surface area contributed by atoms with Gasteiger partial charge in [0.05, 0.1) is 11.6 Å². The first kappa shape index (κ1) is 37.3. The van der Waals surface area contributed by atoms with Crippen LogP contribution in [0.5, 0.6) is 0 Å². The Morgan fingerprint density at radius 2 is 0.746 bits per heavy atom. The monoisotopic (exact) mass is 804 g/mol. The lowest BCUT2D eigenvalue weighted by Gasteiger charge is -2.11. The molecule has 2 aromatic heterocycles. The van der Waals surface area contributed by atoms with Gasteiger partial charge in [0.2, 0.25) is 0 Å². The minimum Gasteiger partial charge on any atom is -0.456 e. The predicted octanol–water partition coefficient (Wildman–Crippen LogP) is 15.0. The molecule has 5 nitrogen and oxygen atoms in total. The van der Waals surface area contributed by atoms with Gasteiger partial charge in [-0.1, -0.05) is 182 Å². The molecule has 9 aromatic carbocycles. The van der Waals surface area contributed by atoms with Crippen molar-refractivity contribution in [2.45, 2.75) is 0 Å². The molecule has 0 atom stereocenters. The van der Waals surface area contributed by atoms with Crippen LogP contribution in [0.15, 0.2) is 223 Å². The molecule has 0 unspecified atom stereocenters. The molecule has 0 N–H and O–H groups in total. The fourth-order valence-electron chi connectivity index (χ4n) is 8.42. The summed E-state index contributed by atoms with van der Waals surface area (Å²) in [7, 11) is 0. The molecule has 0 radical (unpaired) electrons. The molecule has 0 fully saturated rings. The Balaban J connectivity index is 1.01. The molecule has 0 aliphatic carbocycles. The van der Waals surface area contributed by atoms with Crippen LogP contribution in [0, 0.1) is 11.3 Å². The minimum atomic E-state index is 0.523. The maximum absolute atomic E-state index is 9.91. The summed E-state index contributed by atoms with van der Waals surface area (Å²) in [5, 5.41) is 12.0. The van der Waals surface area contributed by atoms with E-state index in [4.69, 9.17) is 19.4 Å². The second-order valence-corrected chi connectivity index (χ2v) is 15.5. The average Bonchev–Trinajstić information content (AvgIpc) is 3.75. The number of furan rings is 1. The highest BCUT2D eigenvalue weighted by atomic mass is 16.3. The van der Waals surface area contributed by atoms with Crippen molar-refractivity contribution in [3.05, 3.63) is 224 Å². The summed E-state index contributed by atoms with van der Waals surface area (Å²) >= 11 is 0. The highest BCUT2D eigenvalue weighted by molar-refractivity contribution is 6.13. The van der Waals surface area contributed by atoms with Gasteiger partial charge in [0.25, 0.3) is 0 Å². The summed E-state index contributed by atoms with van der Waals surface area (Å²) in [5.74, 6) is 1.59. The van der Waals surface area contributed by atoms with Gasteiger partial charge in [-0.3, -0.25) is 0 Å². The Kier molecular flexibility index (Phi) is 9.50. The van der Waals surface area contributed by atoms with Gasteiger partial charge >= 0.3 is 0 Å². The summed E-state index contributed by atoms with van der Waals surface area (Å²) in [6, 6.07) is 77.0. The lowest BCUT2D eigenvalue weighted by Crippen LogP contribution is -2.00. The molecule has 0 aliphatic rings. The van der Waals surface area contributed by atoms with Crippen LogP contribution in [0.4, 0.5) is 0 Å². The topological polar surface area (TPSA) is 75.6 Å². The first-order valence-corrected chi connectivity index (χ1v) is 20.9. The van der Waals surface area contributed by atoms with E-state index in [-0.39, 0.29) is 0 Å². The normalized spacial score (nSPS) is 11.2. The number of rotatable bonds is 8. The van der Waals surface area contributed by atoms with Gasteiger partial charge in [-0.2, -0.15) is 5.26 Å². The van der Waals surface area contributed by atoms with Crippen LogP contribution in [0.2, 0.25) is 0 Å². The smallest absolute Gasteiger partial charge is 0.164 e. The standard InChI is InChI=1S/C58H36N4O/c59-37-49-16-7-8-21-50(49)45-18-10-20-47(35-45)57-60-56(46-19-9-17-44(34-46)42-26-24-40(25-27-42)38-12-3-1-4-13-38)61-58(62-57)48-32-33-52-54(36-48)63-53-23-11-22-51(55(52)53)43-30-28-41(29-31-43)39-14-5-2-6-15-39/h1-36H. The maximum Gasteiger partial charge on any atom is 0.164 e. The Morgan fingerprint density at radius 1 is 0.317 bits per heavy atom. The largest absolute Gasteiger partial charge is 0.456 e. The van der Waals surface area contributed by atoms with Gasteiger partial charge in [-0.25, -0.2) is 15.0 Å². The van der Waals surface area contributed by atoms with Gasteiger partial charge in [0.15, 0.2) is 17.5 Å². The van der Waals surface area contributed by atoms with Crippen molar-refractivity contribution in [2.75, 3.05) is 0 Å². The zero-order chi connectivity index (χ0) is 42.1. The number of aromatic nitrogens is 3. The SMILES string of the molecule is N#Cc1ccccc1-c1cccc(-c2nc(-c3cccc(-c4ccc(-c5ccccc5)cc4)c3)nc(-c3ccc4c(c3)oc3cccc(-c5ccc(-c6ccccc6)cc5)c34)n2)c1. The summed E-state index contributed by atoms with van der Waals surface area (Å²) in [6.07, 6.45) is 0. The zero-order valence-electron chi connectivity index (χ0n) is 34.0. The van der Waals surface area contributed by atoms with Gasteiger partial charge in [-0.05, 0) is 92.0 Å². The molecule has 2 heterocycles. The lowest BCUT2D eigenvalue weighted by molar-refractivity contribution is 0.669. The molecule has 63 heavy (non-hydrogen) atoms. The van der Waals surface area contributed by atoms with Gasteiger partial charge in [-0.15, -0.1) is 0 Å². The van der Waals surface area contributed by atoms with Crippen LogP contribution in [0.3, 0.4) is 0 Å². The number of benzene rings is 9. The van der Waals surface area contributed by atoms with E-state index in [0.29, 0.717) is 23.0 Å². The first-order valence-electron chi connectivity index (χ1n) is 20.9. The molecule has 5 heteroatoms. The molecule has 0 saturated heterocycles. The molecular formula is C58H36N4O. The number of nitrogens with zero attached hydrogens (tertiary/aromatic N) is 4. The molecule has 294 valence electrons. The maximum atomic E-state index is 9.91. The molecule has 0 saturated carbocycles. The van der Waals surface area contributed by atoms with E-state index in [1.54, 1.807) is 0 Å². The molecular weight excluding hydrogens is 769 g/mol. The van der Waals surface area contributed by atoms with Gasteiger partial charge < -0.3 is 4.42 Å². The van der Waals surface area contributed by atoms with Crippen LogP contribution >= 0.6 is 0 Å². The zero-order valence-corrected chi connectivity index (χ0v) is 34.0. The van der Waals surface area contributed by atoms with E-state index < -0.39 is 0 Å². The summed E-state index contributed by atoms with van der Waals surface area (Å²) in [5.41, 5.74) is 15.5. The summed E-state index contributed by atoms with van der Waals surface area (Å²) < 4.78 is 6.59. The van der Waals surface area contributed by atoms with E-state index >= 15 is 0 Å². The number of nitriles is 1. The third kappa shape index (κ3) is 7.22. The summed E-state index contributed by atoms with van der Waals surface area (Å²) in [4.78, 5) is 15.4. The van der Waals surface area contributed by atoms with Crippen molar-refractivity contribution in [3.63, 3.8) is 0 Å². The fourth-order valence-corrected chi connectivity index (χ4v) is 8.42. The second kappa shape index (κ2) is 16.0. The Hall–Kier alpha value is -8.72. The highest BCUT2D eigenvalue weighted by Crippen LogP contribution is 2.39. The number of hydrogen-bond acceptors (Lipinski definition) is 5. The van der Waals surface area contributed by atoms with Crippen LogP contribution in [-0.2, 0) is 0 Å². The molecule has 0 amide bonds. The minimum absolute atomic E-state index is 0.523. The number of hydrogen-bond donors (Lipinski definition) is 0. The van der Waals surface area contributed by atoms with Gasteiger partial charge in [0.1, 0.15) is 11.2 Å². The van der Waals surface area contributed by atoms with Crippen molar-refractivity contribution in [2.24, 2.45) is 0 Å². The van der Waals surface area contributed by atoms with E-state index in [9.17, 15) is 5.26 Å². The van der Waals surface area contributed by atoms with Crippen molar-refractivity contribution in [3.8, 4) is 95.9 Å². The highest BCUT2D eigenvalue weighted by Gasteiger charge is 2.18. The molecule has 0 spiro atoms. The predicted molar refractivity (Wildman–Crippen MR) is 255 cm³/mol. The first-order chi connectivity index (χ1) is 31.1. The van der Waals surface area contributed by atoms with Gasteiger partial charge in [0, 0.05) is 27.5 Å². The Morgan fingerprint density at radius 3 is 1.37 bits per heavy atom. The molecule has 11 rings (SSSR count). The number of fused-ring (bicyclic) bond motifs is 3. The third-order valence-corrected chi connectivity index (χ3v) is 11.6. The van der Waals surface area contributed by atoms with Crippen LogP contribution in [-0.4, -0.2) is 15.0 Å². The van der Waals surface area contributed by atoms with E-state index in [0.717, 1.165) is 77.6 Å². The van der Waals surface area contributed by atoms with Crippen molar-refractivity contribution in [1.82, 2.24) is 15.0 Å². The second-order valence-electron chi connectivity index (χ2n) is 15.5. The average molecular weight is 805 g/mol. The quantitative estimate of drug-likeness (QED) is 0.153. The van der Waals surface area contributed by atoms with Crippen molar-refractivity contribution in [1.29, 1.82) is 5.26 Å². The third-order valence-electron chi connectivity index (χ3n) is 11.6. The summed E-state index contributed by atoms with van der Waals surface area (Å²) in [6.45, 7) is 0. The van der Waals surface area contributed by atoms with Crippen LogP contribution in [0.25, 0.3) is 112 Å². The molecule has 0 aliphatic heterocycles. The van der Waals surface area contributed by atoms with E-state index in [1.807, 2.05) is 91.0 Å². The Labute approximate surface area is 364 Å². The molecule has 0 bridgehead atoms. The van der Waals surface area contributed by atoms with E-state index in [1.165, 1.54) is 16.7 Å². The van der Waals surface area contributed by atoms with E-state index in [2.05, 4.69) is 133 Å². The Bertz CT molecular complexity index is 3500.